The molecule has 4 nitrogen and oxygen atoms in total. The van der Waals surface area contributed by atoms with E-state index in [1.54, 1.807) is 0 Å². The Labute approximate surface area is 121 Å². The van der Waals surface area contributed by atoms with Gasteiger partial charge in [-0.15, -0.1) is 0 Å². The van der Waals surface area contributed by atoms with Crippen LogP contribution in [-0.4, -0.2) is 41.7 Å². The molecule has 2 rings (SSSR count). The van der Waals surface area contributed by atoms with Crippen molar-refractivity contribution in [2.45, 2.75) is 25.4 Å². The molecule has 1 aliphatic rings. The van der Waals surface area contributed by atoms with Gasteiger partial charge in [-0.3, -0.25) is 9.69 Å². The summed E-state index contributed by atoms with van der Waals surface area (Å²) < 4.78 is 1.11. The Bertz CT molecular complexity index is 439. The summed E-state index contributed by atoms with van der Waals surface area (Å²) in [5.74, 6) is -0.739. The summed E-state index contributed by atoms with van der Waals surface area (Å²) >= 11 is 3.48. The van der Waals surface area contributed by atoms with Gasteiger partial charge in [0.15, 0.2) is 0 Å². The molecule has 1 atom stereocenters. The van der Waals surface area contributed by atoms with Crippen LogP contribution in [0.3, 0.4) is 0 Å². The first kappa shape index (κ1) is 14.5. The second-order valence-corrected chi connectivity index (χ2v) is 5.86. The van der Waals surface area contributed by atoms with Gasteiger partial charge >= 0.3 is 5.97 Å². The van der Waals surface area contributed by atoms with E-state index in [4.69, 9.17) is 5.11 Å². The third-order valence-corrected chi connectivity index (χ3v) is 3.83. The van der Waals surface area contributed by atoms with Crippen molar-refractivity contribution in [2.75, 3.05) is 19.6 Å². The summed E-state index contributed by atoms with van der Waals surface area (Å²) in [6.07, 6.45) is 1.29. The molecular formula is C14H19BrN2O2. The minimum absolute atomic E-state index is 0.197. The van der Waals surface area contributed by atoms with Crippen molar-refractivity contribution in [2.24, 2.45) is 0 Å². The molecule has 0 bridgehead atoms. The summed E-state index contributed by atoms with van der Waals surface area (Å²) in [5, 5.41) is 11.9. The summed E-state index contributed by atoms with van der Waals surface area (Å²) in [4.78, 5) is 12.9. The molecule has 2 N–H and O–H groups in total. The van der Waals surface area contributed by atoms with E-state index in [9.17, 15) is 4.79 Å². The molecule has 1 aliphatic heterocycles. The van der Waals surface area contributed by atoms with Crippen LogP contribution < -0.4 is 5.32 Å². The molecule has 1 unspecified atom stereocenters. The lowest BCUT2D eigenvalue weighted by Crippen LogP contribution is -2.33. The van der Waals surface area contributed by atoms with E-state index in [2.05, 4.69) is 44.3 Å². The van der Waals surface area contributed by atoms with Crippen LogP contribution in [0.15, 0.2) is 28.7 Å². The molecule has 104 valence electrons. The fraction of sp³-hybridized carbons (Fsp3) is 0.500. The maximum Gasteiger partial charge on any atom is 0.304 e. The van der Waals surface area contributed by atoms with E-state index in [-0.39, 0.29) is 6.42 Å². The number of aliphatic carboxylic acids is 1. The average molecular weight is 327 g/mol. The van der Waals surface area contributed by atoms with Gasteiger partial charge in [0.25, 0.3) is 0 Å². The molecule has 19 heavy (non-hydrogen) atoms. The Kier molecular flexibility index (Phi) is 5.36. The number of hydrogen-bond acceptors (Lipinski definition) is 3. The number of rotatable bonds is 6. The van der Waals surface area contributed by atoms with Gasteiger partial charge in [-0.05, 0) is 24.1 Å². The normalized spacial score (nSPS) is 19.7. The SMILES string of the molecule is O=C(O)CCNC1CCN(Cc2cccc(Br)c2)C1. The lowest BCUT2D eigenvalue weighted by molar-refractivity contribution is -0.136. The average Bonchev–Trinajstić information content (AvgIpc) is 2.76. The molecule has 0 aliphatic carbocycles. The molecule has 5 heteroatoms. The lowest BCUT2D eigenvalue weighted by atomic mass is 10.2. The fourth-order valence-corrected chi connectivity index (χ4v) is 2.87. The van der Waals surface area contributed by atoms with E-state index in [0.29, 0.717) is 12.6 Å². The van der Waals surface area contributed by atoms with Crippen LogP contribution in [-0.2, 0) is 11.3 Å². The highest BCUT2D eigenvalue weighted by atomic mass is 79.9. The van der Waals surface area contributed by atoms with E-state index in [1.165, 1.54) is 5.56 Å². The molecule has 0 radical (unpaired) electrons. The van der Waals surface area contributed by atoms with E-state index in [0.717, 1.165) is 30.5 Å². The molecule has 0 saturated carbocycles. The van der Waals surface area contributed by atoms with Crippen molar-refractivity contribution in [3.05, 3.63) is 34.3 Å². The molecule has 0 aromatic heterocycles. The second-order valence-electron chi connectivity index (χ2n) is 4.95. The van der Waals surface area contributed by atoms with Crippen LogP contribution in [0, 0.1) is 0 Å². The first-order valence-electron chi connectivity index (χ1n) is 6.55. The van der Waals surface area contributed by atoms with E-state index in [1.807, 2.05) is 6.07 Å². The Morgan fingerprint density at radius 3 is 3.11 bits per heavy atom. The number of likely N-dealkylation sites (tertiary alicyclic amines) is 1. The predicted molar refractivity (Wildman–Crippen MR) is 78.1 cm³/mol. The third kappa shape index (κ3) is 4.93. The summed E-state index contributed by atoms with van der Waals surface area (Å²) in [5.41, 5.74) is 1.31. The van der Waals surface area contributed by atoms with Crippen LogP contribution in [0.4, 0.5) is 0 Å². The van der Waals surface area contributed by atoms with Crippen LogP contribution in [0.2, 0.25) is 0 Å². The zero-order valence-corrected chi connectivity index (χ0v) is 12.4. The van der Waals surface area contributed by atoms with E-state index < -0.39 is 5.97 Å². The van der Waals surface area contributed by atoms with Gasteiger partial charge in [-0.25, -0.2) is 0 Å². The van der Waals surface area contributed by atoms with Gasteiger partial charge < -0.3 is 10.4 Å². The summed E-state index contributed by atoms with van der Waals surface area (Å²) in [7, 11) is 0. The Morgan fingerprint density at radius 1 is 1.53 bits per heavy atom. The maximum absolute atomic E-state index is 10.5. The number of hydrogen-bond donors (Lipinski definition) is 2. The van der Waals surface area contributed by atoms with Crippen molar-refractivity contribution >= 4 is 21.9 Å². The molecule has 1 saturated heterocycles. The summed E-state index contributed by atoms with van der Waals surface area (Å²) in [6, 6.07) is 8.79. The van der Waals surface area contributed by atoms with Crippen LogP contribution in [0.5, 0.6) is 0 Å². The number of nitrogens with one attached hydrogen (secondary N) is 1. The number of halogens is 1. The van der Waals surface area contributed by atoms with Gasteiger partial charge in [0.2, 0.25) is 0 Å². The smallest absolute Gasteiger partial charge is 0.304 e. The molecule has 1 aromatic rings. The minimum Gasteiger partial charge on any atom is -0.481 e. The Balaban J connectivity index is 1.74. The Hall–Kier alpha value is -0.910. The second kappa shape index (κ2) is 7.03. The number of carboxylic acid groups (broad SMARTS) is 1. The fourth-order valence-electron chi connectivity index (χ4n) is 2.42. The highest BCUT2D eigenvalue weighted by molar-refractivity contribution is 9.10. The molecular weight excluding hydrogens is 308 g/mol. The summed E-state index contributed by atoms with van der Waals surface area (Å²) in [6.45, 7) is 3.57. The van der Waals surface area contributed by atoms with E-state index >= 15 is 0 Å². The standard InChI is InChI=1S/C14H19BrN2O2/c15-12-3-1-2-11(8-12)9-17-7-5-13(10-17)16-6-4-14(18)19/h1-3,8,13,16H,4-7,9-10H2,(H,18,19). The van der Waals surface area contributed by atoms with Crippen molar-refractivity contribution in [1.82, 2.24) is 10.2 Å². The Morgan fingerprint density at radius 2 is 2.37 bits per heavy atom. The number of benzene rings is 1. The predicted octanol–water partition coefficient (Wildman–Crippen LogP) is 2.09. The monoisotopic (exact) mass is 326 g/mol. The molecule has 1 aromatic carbocycles. The molecule has 1 heterocycles. The van der Waals surface area contributed by atoms with Crippen molar-refractivity contribution in [3.63, 3.8) is 0 Å². The highest BCUT2D eigenvalue weighted by Gasteiger charge is 2.21. The van der Waals surface area contributed by atoms with Crippen LogP contribution in [0.25, 0.3) is 0 Å². The lowest BCUT2D eigenvalue weighted by Gasteiger charge is -2.16. The van der Waals surface area contributed by atoms with Crippen molar-refractivity contribution in [3.8, 4) is 0 Å². The number of nitrogens with zero attached hydrogens (tertiary/aromatic N) is 1. The van der Waals surface area contributed by atoms with Gasteiger partial charge in [-0.2, -0.15) is 0 Å². The first-order valence-corrected chi connectivity index (χ1v) is 7.35. The van der Waals surface area contributed by atoms with Gasteiger partial charge in [0.1, 0.15) is 0 Å². The zero-order valence-electron chi connectivity index (χ0n) is 10.8. The van der Waals surface area contributed by atoms with Crippen molar-refractivity contribution in [1.29, 1.82) is 0 Å². The molecule has 0 spiro atoms. The molecule has 1 fully saturated rings. The quantitative estimate of drug-likeness (QED) is 0.840. The van der Waals surface area contributed by atoms with Crippen molar-refractivity contribution < 1.29 is 9.90 Å². The topological polar surface area (TPSA) is 52.6 Å². The maximum atomic E-state index is 10.5. The van der Waals surface area contributed by atoms with Gasteiger partial charge in [0, 0.05) is 36.7 Å². The van der Waals surface area contributed by atoms with Crippen LogP contribution in [0.1, 0.15) is 18.4 Å². The third-order valence-electron chi connectivity index (χ3n) is 3.34. The highest BCUT2D eigenvalue weighted by Crippen LogP contribution is 2.16. The zero-order chi connectivity index (χ0) is 13.7. The number of carboxylic acids is 1. The first-order chi connectivity index (χ1) is 9.13. The van der Waals surface area contributed by atoms with Crippen LogP contribution >= 0.6 is 15.9 Å². The van der Waals surface area contributed by atoms with Gasteiger partial charge in [-0.1, -0.05) is 28.1 Å². The van der Waals surface area contributed by atoms with Gasteiger partial charge in [0.05, 0.1) is 6.42 Å². The largest absolute Gasteiger partial charge is 0.481 e. The molecule has 0 amide bonds. The minimum atomic E-state index is -0.739. The number of carbonyl (C=O) groups is 1.